The lowest BCUT2D eigenvalue weighted by molar-refractivity contribution is 0.0461. The first-order chi connectivity index (χ1) is 11.8. The number of anilines is 1. The maximum atomic E-state index is 6.11. The molecular formula is C15H17N8O-. The first-order valence-corrected chi connectivity index (χ1v) is 7.72. The van der Waals surface area contributed by atoms with Crippen LogP contribution in [0.1, 0.15) is 6.42 Å². The normalized spacial score (nSPS) is 26.0. The summed E-state index contributed by atoms with van der Waals surface area (Å²) < 4.78 is 7.66. The Morgan fingerprint density at radius 1 is 1.42 bits per heavy atom. The van der Waals surface area contributed by atoms with E-state index in [-0.39, 0.29) is 5.92 Å². The molecule has 0 radical (unpaired) electrons. The first-order valence-electron chi connectivity index (χ1n) is 7.72. The molecule has 0 saturated carbocycles. The lowest BCUT2D eigenvalue weighted by atomic mass is 9.82. The molecule has 2 aromatic rings. The van der Waals surface area contributed by atoms with Crippen LogP contribution in [0.3, 0.4) is 0 Å². The predicted molar refractivity (Wildman–Crippen MR) is 88.1 cm³/mol. The molecule has 0 aliphatic carbocycles. The van der Waals surface area contributed by atoms with E-state index in [2.05, 4.69) is 42.3 Å². The average molecular weight is 325 g/mol. The summed E-state index contributed by atoms with van der Waals surface area (Å²) in [5.74, 6) is 1.43. The number of nitrogens with one attached hydrogen (secondary N) is 1. The average Bonchev–Trinajstić information content (AvgIpc) is 3.27. The number of nitrogens with zero attached hydrogens (tertiary/aromatic N) is 7. The number of rotatable bonds is 3. The van der Waals surface area contributed by atoms with Gasteiger partial charge in [-0.2, -0.15) is 5.10 Å². The van der Waals surface area contributed by atoms with Crippen LogP contribution in [0.15, 0.2) is 42.7 Å². The van der Waals surface area contributed by atoms with Crippen LogP contribution in [0.25, 0.3) is 11.1 Å². The zero-order valence-corrected chi connectivity index (χ0v) is 13.0. The van der Waals surface area contributed by atoms with Gasteiger partial charge >= 0.3 is 0 Å². The highest BCUT2D eigenvalue weighted by molar-refractivity contribution is 5.89. The molecule has 2 aliphatic heterocycles. The molecule has 1 saturated heterocycles. The number of amidine groups is 1. The zero-order chi connectivity index (χ0) is 16.4. The third kappa shape index (κ3) is 2.62. The minimum atomic E-state index is -0.413. The van der Waals surface area contributed by atoms with Gasteiger partial charge in [0.1, 0.15) is 30.4 Å². The van der Waals surface area contributed by atoms with Crippen molar-refractivity contribution in [3.8, 4) is 5.82 Å². The molecule has 0 bridgehead atoms. The maximum Gasteiger partial charge on any atom is 0.291 e. The lowest BCUT2D eigenvalue weighted by Gasteiger charge is -2.45. The number of piperidine rings is 1. The van der Waals surface area contributed by atoms with Crippen molar-refractivity contribution in [2.24, 2.45) is 10.9 Å². The minimum absolute atomic E-state index is 0.245. The van der Waals surface area contributed by atoms with Gasteiger partial charge in [0, 0.05) is 12.0 Å². The minimum Gasteiger partial charge on any atom is -0.659 e. The number of aliphatic imine (C=N–C) groups is 1. The fourth-order valence-corrected chi connectivity index (χ4v) is 2.99. The summed E-state index contributed by atoms with van der Waals surface area (Å²) in [7, 11) is 0. The summed E-state index contributed by atoms with van der Waals surface area (Å²) in [4.78, 5) is 16.8. The molecule has 1 fully saturated rings. The van der Waals surface area contributed by atoms with E-state index >= 15 is 0 Å². The van der Waals surface area contributed by atoms with E-state index in [0.29, 0.717) is 30.7 Å². The second-order valence-electron chi connectivity index (χ2n) is 5.75. The van der Waals surface area contributed by atoms with Gasteiger partial charge in [0.2, 0.25) is 0 Å². The molecule has 4 heterocycles. The molecule has 9 nitrogen and oxygen atoms in total. The standard InChI is InChI=1S/C15H17N8O/c1-2-11-3-4-16-6-15(11)7-18-14(24-15)22-12-5-13(20-9-19-12)23-10-17-8-21-23/h2,5,8-11H,1,3-4,6-7H2,(H,18,19,20,22)/q-1/t11-,15+/m0/s1. The monoisotopic (exact) mass is 325 g/mol. The molecule has 1 N–H and O–H groups in total. The summed E-state index contributed by atoms with van der Waals surface area (Å²) in [5, 5.41) is 11.6. The Morgan fingerprint density at radius 3 is 3.21 bits per heavy atom. The molecule has 9 heteroatoms. The van der Waals surface area contributed by atoms with Crippen LogP contribution in [-0.2, 0) is 4.74 Å². The molecule has 2 atom stereocenters. The van der Waals surface area contributed by atoms with Crippen LogP contribution < -0.4 is 5.32 Å². The van der Waals surface area contributed by atoms with E-state index < -0.39 is 5.60 Å². The summed E-state index contributed by atoms with van der Waals surface area (Å²) in [6, 6.07) is 2.20. The quantitative estimate of drug-likeness (QED) is 0.850. The van der Waals surface area contributed by atoms with Crippen molar-refractivity contribution in [2.45, 2.75) is 12.0 Å². The number of ether oxygens (including phenoxy) is 1. The molecule has 2 aromatic heterocycles. The van der Waals surface area contributed by atoms with E-state index in [1.807, 2.05) is 6.08 Å². The Morgan fingerprint density at radius 2 is 2.38 bits per heavy atom. The van der Waals surface area contributed by atoms with E-state index in [9.17, 15) is 0 Å². The Hall–Kier alpha value is -2.81. The number of hydrogen-bond acceptors (Lipinski definition) is 7. The highest BCUT2D eigenvalue weighted by Crippen LogP contribution is 2.36. The Labute approximate surface area is 138 Å². The largest absolute Gasteiger partial charge is 0.659 e. The highest BCUT2D eigenvalue weighted by Gasteiger charge is 2.42. The van der Waals surface area contributed by atoms with Crippen molar-refractivity contribution in [3.05, 3.63) is 43.0 Å². The maximum absolute atomic E-state index is 6.11. The molecule has 0 amide bonds. The van der Waals surface area contributed by atoms with Gasteiger partial charge in [-0.25, -0.2) is 24.6 Å². The van der Waals surface area contributed by atoms with Gasteiger partial charge in [-0.1, -0.05) is 12.5 Å². The summed E-state index contributed by atoms with van der Waals surface area (Å²) in [6.45, 7) is 5.97. The van der Waals surface area contributed by atoms with Gasteiger partial charge in [-0.3, -0.25) is 5.32 Å². The topological polar surface area (TPSA) is 104 Å². The second-order valence-corrected chi connectivity index (χ2v) is 5.75. The number of hydrogen-bond donors (Lipinski definition) is 1. The summed E-state index contributed by atoms with van der Waals surface area (Å²) in [6.07, 6.45) is 7.36. The van der Waals surface area contributed by atoms with Crippen molar-refractivity contribution < 1.29 is 4.74 Å². The Bertz CT molecular complexity index is 759. The molecule has 1 spiro atoms. The molecule has 24 heavy (non-hydrogen) atoms. The molecule has 124 valence electrons. The van der Waals surface area contributed by atoms with Crippen LogP contribution in [0.5, 0.6) is 0 Å². The Kier molecular flexibility index (Phi) is 3.69. The van der Waals surface area contributed by atoms with Crippen LogP contribution in [-0.4, -0.2) is 56.0 Å². The van der Waals surface area contributed by atoms with Crippen molar-refractivity contribution in [3.63, 3.8) is 0 Å². The summed E-state index contributed by atoms with van der Waals surface area (Å²) >= 11 is 0. The zero-order valence-electron chi connectivity index (χ0n) is 13.0. The van der Waals surface area contributed by atoms with E-state index in [1.54, 1.807) is 17.1 Å². The predicted octanol–water partition coefficient (Wildman–Crippen LogP) is 1.17. The van der Waals surface area contributed by atoms with Crippen molar-refractivity contribution in [1.82, 2.24) is 24.7 Å². The van der Waals surface area contributed by atoms with E-state index in [4.69, 9.17) is 4.74 Å². The smallest absolute Gasteiger partial charge is 0.291 e. The first kappa shape index (κ1) is 14.8. The van der Waals surface area contributed by atoms with Gasteiger partial charge in [-0.15, -0.1) is 19.7 Å². The molecule has 4 rings (SSSR count). The van der Waals surface area contributed by atoms with Gasteiger partial charge in [0.15, 0.2) is 5.82 Å². The second kappa shape index (κ2) is 6.00. The molecular weight excluding hydrogens is 308 g/mol. The SMILES string of the molecule is C=C[C@H]1CC[N-]C[C@@]12CN=C(Nc1cc(-n3cncn3)ncn1)O2. The van der Waals surface area contributed by atoms with Crippen LogP contribution >= 0.6 is 0 Å². The third-order valence-corrected chi connectivity index (χ3v) is 4.27. The fourth-order valence-electron chi connectivity index (χ4n) is 2.99. The number of aromatic nitrogens is 5. The lowest BCUT2D eigenvalue weighted by Crippen LogP contribution is -2.47. The highest BCUT2D eigenvalue weighted by atomic mass is 16.5. The fraction of sp³-hybridized carbons (Fsp3) is 0.400. The summed E-state index contributed by atoms with van der Waals surface area (Å²) in [5.41, 5.74) is -0.413. The third-order valence-electron chi connectivity index (χ3n) is 4.27. The van der Waals surface area contributed by atoms with Gasteiger partial charge in [0.25, 0.3) is 6.02 Å². The van der Waals surface area contributed by atoms with Crippen molar-refractivity contribution in [2.75, 3.05) is 25.0 Å². The van der Waals surface area contributed by atoms with Crippen molar-refractivity contribution >= 4 is 11.8 Å². The van der Waals surface area contributed by atoms with Crippen molar-refractivity contribution in [1.29, 1.82) is 0 Å². The van der Waals surface area contributed by atoms with Gasteiger partial charge in [0.05, 0.1) is 6.54 Å². The van der Waals surface area contributed by atoms with Crippen LogP contribution in [0, 0.1) is 5.92 Å². The van der Waals surface area contributed by atoms with Crippen LogP contribution in [0.2, 0.25) is 0 Å². The van der Waals surface area contributed by atoms with E-state index in [1.165, 1.54) is 12.7 Å². The molecule has 0 aromatic carbocycles. The van der Waals surface area contributed by atoms with Gasteiger partial charge < -0.3 is 10.1 Å². The Balaban J connectivity index is 1.49. The van der Waals surface area contributed by atoms with Gasteiger partial charge in [-0.05, 0) is 0 Å². The van der Waals surface area contributed by atoms with Crippen LogP contribution in [0.4, 0.5) is 5.82 Å². The molecule has 2 aliphatic rings. The van der Waals surface area contributed by atoms with E-state index in [0.717, 1.165) is 13.0 Å². The molecule has 0 unspecified atom stereocenters.